The molecule has 2 heterocycles. The molecule has 122 valence electrons. The topological polar surface area (TPSA) is 38.0 Å². The van der Waals surface area contributed by atoms with Crippen LogP contribution in [0.2, 0.25) is 0 Å². The van der Waals surface area contributed by atoms with Crippen LogP contribution in [0.4, 0.5) is 13.2 Å². The minimum absolute atomic E-state index is 0.431. The Labute approximate surface area is 135 Å². The summed E-state index contributed by atoms with van der Waals surface area (Å²) >= 11 is 1.27. The Hall–Kier alpha value is -1.73. The molecular formula is C16H15F3N2OS. The second-order valence-corrected chi connectivity index (χ2v) is 7.00. The fraction of sp³-hybridized carbons (Fsp3) is 0.312. The number of aromatic nitrogens is 2. The highest BCUT2D eigenvalue weighted by Crippen LogP contribution is 2.55. The minimum Gasteiger partial charge on any atom is -0.387 e. The summed E-state index contributed by atoms with van der Waals surface area (Å²) in [6.07, 6.45) is 1.91. The number of halogens is 3. The number of benzene rings is 1. The number of fused-ring (bicyclic) bond motifs is 1. The number of imidazole rings is 1. The average Bonchev–Trinajstić information content (AvgIpc) is 3.06. The van der Waals surface area contributed by atoms with E-state index in [0.29, 0.717) is 23.4 Å². The lowest BCUT2D eigenvalue weighted by molar-refractivity contribution is -0.137. The van der Waals surface area contributed by atoms with Gasteiger partial charge in [0.05, 0.1) is 22.7 Å². The molecule has 1 aliphatic heterocycles. The van der Waals surface area contributed by atoms with Crippen LogP contribution in [-0.4, -0.2) is 19.4 Å². The van der Waals surface area contributed by atoms with Crippen LogP contribution in [0.15, 0.2) is 54.5 Å². The lowest BCUT2D eigenvalue weighted by atomic mass is 9.91. The van der Waals surface area contributed by atoms with E-state index in [4.69, 9.17) is 0 Å². The van der Waals surface area contributed by atoms with E-state index in [1.165, 1.54) is 17.8 Å². The van der Waals surface area contributed by atoms with E-state index in [1.807, 2.05) is 4.57 Å². The Morgan fingerprint density at radius 3 is 2.83 bits per heavy atom. The van der Waals surface area contributed by atoms with Gasteiger partial charge in [0.2, 0.25) is 0 Å². The molecule has 1 N–H and O–H groups in total. The molecule has 0 bridgehead atoms. The molecular weight excluding hydrogens is 325 g/mol. The van der Waals surface area contributed by atoms with Gasteiger partial charge in [-0.05, 0) is 24.1 Å². The summed E-state index contributed by atoms with van der Waals surface area (Å²) in [7, 11) is 0. The van der Waals surface area contributed by atoms with Crippen molar-refractivity contribution in [2.24, 2.45) is 0 Å². The molecule has 23 heavy (non-hydrogen) atoms. The van der Waals surface area contributed by atoms with E-state index < -0.39 is 22.6 Å². The van der Waals surface area contributed by atoms with Crippen LogP contribution in [-0.2, 0) is 12.7 Å². The zero-order valence-corrected chi connectivity index (χ0v) is 12.9. The van der Waals surface area contributed by atoms with Crippen molar-refractivity contribution < 1.29 is 18.3 Å². The molecule has 0 unspecified atom stereocenters. The number of aliphatic hydroxyl groups excluding tert-OH is 1. The first-order chi connectivity index (χ1) is 10.9. The van der Waals surface area contributed by atoms with Crippen molar-refractivity contribution in [3.05, 3.63) is 60.7 Å². The molecule has 0 radical (unpaired) electrons. The number of rotatable bonds is 4. The fourth-order valence-corrected chi connectivity index (χ4v) is 4.43. The Morgan fingerprint density at radius 2 is 2.22 bits per heavy atom. The maximum absolute atomic E-state index is 12.9. The van der Waals surface area contributed by atoms with Gasteiger partial charge in [0.25, 0.3) is 0 Å². The van der Waals surface area contributed by atoms with Gasteiger partial charge in [0, 0.05) is 23.8 Å². The first-order valence-corrected chi connectivity index (χ1v) is 7.82. The average molecular weight is 340 g/mol. The Bertz CT molecular complexity index is 715. The van der Waals surface area contributed by atoms with Crippen molar-refractivity contribution in [1.82, 2.24) is 9.55 Å². The second-order valence-electron chi connectivity index (χ2n) is 5.55. The first-order valence-electron chi connectivity index (χ1n) is 7.00. The molecule has 1 aromatic heterocycles. The van der Waals surface area contributed by atoms with Gasteiger partial charge in [-0.2, -0.15) is 13.2 Å². The van der Waals surface area contributed by atoms with Crippen molar-refractivity contribution in [3.8, 4) is 0 Å². The Morgan fingerprint density at radius 1 is 1.43 bits per heavy atom. The standard InChI is InChI=1S/C16H15F3N2OS/c1-2-5-15(9-21-7-6-20-10-21)14(22)12-4-3-11(16(17,18)19)8-13(12)23-15/h2-4,6-8,10,14,22H,1,5,9H2/t14-,15-/m0/s1. The lowest BCUT2D eigenvalue weighted by Crippen LogP contribution is -2.33. The number of hydrogen-bond donors (Lipinski definition) is 1. The van der Waals surface area contributed by atoms with Crippen molar-refractivity contribution in [2.45, 2.75) is 34.9 Å². The van der Waals surface area contributed by atoms with Crippen molar-refractivity contribution >= 4 is 11.8 Å². The summed E-state index contributed by atoms with van der Waals surface area (Å²) < 4.78 is 39.8. The van der Waals surface area contributed by atoms with E-state index in [9.17, 15) is 18.3 Å². The number of alkyl halides is 3. The van der Waals surface area contributed by atoms with E-state index in [-0.39, 0.29) is 0 Å². The third kappa shape index (κ3) is 2.90. The first kappa shape index (κ1) is 16.1. The SMILES string of the molecule is C=CC[C@@]1(Cn2ccnc2)Sc2cc(C(F)(F)F)ccc2[C@@H]1O. The number of aliphatic hydroxyl groups is 1. The maximum Gasteiger partial charge on any atom is 0.416 e. The van der Waals surface area contributed by atoms with Crippen LogP contribution in [0.3, 0.4) is 0 Å². The van der Waals surface area contributed by atoms with Gasteiger partial charge in [-0.3, -0.25) is 0 Å². The van der Waals surface area contributed by atoms with Gasteiger partial charge in [-0.15, -0.1) is 18.3 Å². The van der Waals surface area contributed by atoms with Gasteiger partial charge < -0.3 is 9.67 Å². The molecule has 0 amide bonds. The predicted octanol–water partition coefficient (Wildman–Crippen LogP) is 4.06. The van der Waals surface area contributed by atoms with Crippen LogP contribution in [0.25, 0.3) is 0 Å². The second kappa shape index (κ2) is 5.72. The number of thioether (sulfide) groups is 1. The monoisotopic (exact) mass is 340 g/mol. The molecule has 7 heteroatoms. The minimum atomic E-state index is -4.39. The normalized spacial score (nSPS) is 23.7. The molecule has 1 aromatic carbocycles. The fourth-order valence-electron chi connectivity index (χ4n) is 2.85. The van der Waals surface area contributed by atoms with E-state index in [0.717, 1.165) is 12.1 Å². The molecule has 0 saturated heterocycles. The van der Waals surface area contributed by atoms with E-state index in [2.05, 4.69) is 11.6 Å². The van der Waals surface area contributed by atoms with Gasteiger partial charge >= 0.3 is 6.18 Å². The van der Waals surface area contributed by atoms with Crippen molar-refractivity contribution in [3.63, 3.8) is 0 Å². The summed E-state index contributed by atoms with van der Waals surface area (Å²) in [4.78, 5) is 4.44. The molecule has 0 spiro atoms. The quantitative estimate of drug-likeness (QED) is 0.853. The van der Waals surface area contributed by atoms with E-state index >= 15 is 0 Å². The summed E-state index contributed by atoms with van der Waals surface area (Å²) in [5, 5.41) is 10.7. The van der Waals surface area contributed by atoms with Gasteiger partial charge in [0.1, 0.15) is 0 Å². The molecule has 2 aromatic rings. The summed E-state index contributed by atoms with van der Waals surface area (Å²) in [6, 6.07) is 3.50. The summed E-state index contributed by atoms with van der Waals surface area (Å²) in [5.74, 6) is 0. The van der Waals surface area contributed by atoms with Crippen LogP contribution < -0.4 is 0 Å². The zero-order chi connectivity index (χ0) is 16.7. The highest BCUT2D eigenvalue weighted by atomic mass is 32.2. The van der Waals surface area contributed by atoms with Crippen molar-refractivity contribution in [1.29, 1.82) is 0 Å². The van der Waals surface area contributed by atoms with Crippen LogP contribution in [0, 0.1) is 0 Å². The van der Waals surface area contributed by atoms with Crippen LogP contribution in [0.1, 0.15) is 23.7 Å². The van der Waals surface area contributed by atoms with Gasteiger partial charge in [0.15, 0.2) is 0 Å². The molecule has 2 atom stereocenters. The highest BCUT2D eigenvalue weighted by molar-refractivity contribution is 8.01. The third-order valence-corrected chi connectivity index (χ3v) is 5.45. The third-order valence-electron chi connectivity index (χ3n) is 3.95. The van der Waals surface area contributed by atoms with Crippen LogP contribution >= 0.6 is 11.8 Å². The molecule has 3 nitrogen and oxygen atoms in total. The number of allylic oxidation sites excluding steroid dienone is 1. The number of hydrogen-bond acceptors (Lipinski definition) is 3. The molecule has 0 aliphatic carbocycles. The van der Waals surface area contributed by atoms with E-state index in [1.54, 1.807) is 24.8 Å². The lowest BCUT2D eigenvalue weighted by Gasteiger charge is -2.31. The zero-order valence-electron chi connectivity index (χ0n) is 12.1. The number of nitrogens with zero attached hydrogens (tertiary/aromatic N) is 2. The van der Waals surface area contributed by atoms with Gasteiger partial charge in [-0.1, -0.05) is 12.1 Å². The molecule has 0 saturated carbocycles. The summed E-state index contributed by atoms with van der Waals surface area (Å²) in [6.45, 7) is 4.15. The van der Waals surface area contributed by atoms with Crippen LogP contribution in [0.5, 0.6) is 0 Å². The molecule has 0 fully saturated rings. The molecule has 1 aliphatic rings. The Balaban J connectivity index is 1.98. The smallest absolute Gasteiger partial charge is 0.387 e. The Kier molecular flexibility index (Phi) is 4.01. The highest BCUT2D eigenvalue weighted by Gasteiger charge is 2.46. The maximum atomic E-state index is 12.9. The molecule has 3 rings (SSSR count). The summed E-state index contributed by atoms with van der Waals surface area (Å²) in [5.41, 5.74) is -0.169. The predicted molar refractivity (Wildman–Crippen MR) is 82.0 cm³/mol. The largest absolute Gasteiger partial charge is 0.416 e. The van der Waals surface area contributed by atoms with Gasteiger partial charge in [-0.25, -0.2) is 4.98 Å². The van der Waals surface area contributed by atoms with Crippen molar-refractivity contribution in [2.75, 3.05) is 0 Å².